The molecule has 0 radical (unpaired) electrons. The van der Waals surface area contributed by atoms with Gasteiger partial charge in [0.25, 0.3) is 11.8 Å². The van der Waals surface area contributed by atoms with Crippen LogP contribution in [0, 0.1) is 5.82 Å². The summed E-state index contributed by atoms with van der Waals surface area (Å²) in [4.78, 5) is 28.6. The van der Waals surface area contributed by atoms with Crippen LogP contribution < -0.4 is 15.4 Å². The average Bonchev–Trinajstić information content (AvgIpc) is 3.19. The third-order valence-corrected chi connectivity index (χ3v) is 6.61. The first-order valence-corrected chi connectivity index (χ1v) is 11.0. The van der Waals surface area contributed by atoms with Crippen molar-refractivity contribution in [1.29, 1.82) is 0 Å². The first-order valence-electron chi connectivity index (χ1n) is 10.7. The number of aryl methyl sites for hydroxylation is 1. The van der Waals surface area contributed by atoms with Gasteiger partial charge in [-0.25, -0.2) is 14.4 Å². The van der Waals surface area contributed by atoms with Crippen molar-refractivity contribution in [2.45, 2.75) is 38.6 Å². The largest absolute Gasteiger partial charge is 0.417 e. The van der Waals surface area contributed by atoms with Gasteiger partial charge < -0.3 is 20.4 Å². The smallest absolute Gasteiger partial charge is 0.258 e. The van der Waals surface area contributed by atoms with Crippen LogP contribution in [-0.2, 0) is 25.8 Å². The van der Waals surface area contributed by atoms with Crippen LogP contribution in [0.1, 0.15) is 51.3 Å². The van der Waals surface area contributed by atoms with Crippen molar-refractivity contribution >= 4 is 17.5 Å². The predicted octanol–water partition coefficient (Wildman–Crippen LogP) is 3.04. The van der Waals surface area contributed by atoms with Gasteiger partial charge in [-0.1, -0.05) is 6.92 Å². The molecule has 8 nitrogen and oxygen atoms in total. The van der Waals surface area contributed by atoms with Gasteiger partial charge in [0.15, 0.2) is 5.82 Å². The molecule has 0 spiro atoms. The van der Waals surface area contributed by atoms with Crippen LogP contribution in [0.25, 0.3) is 11.3 Å². The van der Waals surface area contributed by atoms with Crippen LogP contribution in [0.15, 0.2) is 6.20 Å². The summed E-state index contributed by atoms with van der Waals surface area (Å²) in [6.07, 6.45) is 3.56. The fraction of sp³-hybridized carbons (Fsp3) is 0.364. The van der Waals surface area contributed by atoms with Gasteiger partial charge in [-0.2, -0.15) is 4.98 Å². The third-order valence-electron chi connectivity index (χ3n) is 6.44. The topological polar surface area (TPSA) is 105 Å². The molecule has 3 aromatic rings. The minimum atomic E-state index is -0.581. The lowest BCUT2D eigenvalue weighted by Crippen LogP contribution is -2.34. The number of nitrogens with zero attached hydrogens (tertiary/aromatic N) is 3. The third kappa shape index (κ3) is 2.91. The molecule has 2 aliphatic heterocycles. The fourth-order valence-corrected chi connectivity index (χ4v) is 5.02. The van der Waals surface area contributed by atoms with E-state index in [9.17, 15) is 4.79 Å². The molecule has 0 unspecified atom stereocenters. The molecule has 0 aromatic carbocycles. The summed E-state index contributed by atoms with van der Waals surface area (Å²) in [6.45, 7) is 3.87. The second kappa shape index (κ2) is 7.25. The maximum atomic E-state index is 15.8. The molecule has 164 valence electrons. The van der Waals surface area contributed by atoms with E-state index in [2.05, 4.69) is 30.6 Å². The highest BCUT2D eigenvalue weighted by Gasteiger charge is 2.34. The Kier molecular flexibility index (Phi) is 4.44. The van der Waals surface area contributed by atoms with Crippen LogP contribution >= 0.6 is 11.6 Å². The summed E-state index contributed by atoms with van der Waals surface area (Å²) < 4.78 is 21.7. The lowest BCUT2D eigenvalue weighted by molar-refractivity contribution is 0.0940. The Morgan fingerprint density at radius 3 is 2.91 bits per heavy atom. The number of fused-ring (bicyclic) bond motifs is 6. The Bertz CT molecular complexity index is 1290. The molecule has 10 heteroatoms. The van der Waals surface area contributed by atoms with Crippen molar-refractivity contribution in [3.05, 3.63) is 50.9 Å². The lowest BCUT2D eigenvalue weighted by atomic mass is 9.87. The van der Waals surface area contributed by atoms with Crippen molar-refractivity contribution in [2.24, 2.45) is 0 Å². The average molecular weight is 455 g/mol. The SMILES string of the molecule is C[C@@H]1CNC(=O)c2c1[nH]c1c2CCc2cnc(Oc3nc(Cl)nc4c3CNCC4)c(F)c2-1. The number of carbonyl (C=O) groups excluding carboxylic acids is 1. The van der Waals surface area contributed by atoms with E-state index in [1.165, 1.54) is 0 Å². The molecule has 1 atom stereocenters. The zero-order valence-electron chi connectivity index (χ0n) is 17.3. The van der Waals surface area contributed by atoms with Gasteiger partial charge in [-0.05, 0) is 35.6 Å². The number of nitrogens with one attached hydrogen (secondary N) is 3. The number of pyridine rings is 1. The van der Waals surface area contributed by atoms with Gasteiger partial charge in [0, 0.05) is 49.4 Å². The number of ether oxygens (including phenoxy) is 1. The van der Waals surface area contributed by atoms with Gasteiger partial charge >= 0.3 is 0 Å². The summed E-state index contributed by atoms with van der Waals surface area (Å²) in [7, 11) is 0. The van der Waals surface area contributed by atoms with Crippen molar-refractivity contribution in [3.63, 3.8) is 0 Å². The number of rotatable bonds is 2. The lowest BCUT2D eigenvalue weighted by Gasteiger charge is -2.21. The summed E-state index contributed by atoms with van der Waals surface area (Å²) >= 11 is 6.08. The molecular weight excluding hydrogens is 435 g/mol. The fourth-order valence-electron chi connectivity index (χ4n) is 4.84. The van der Waals surface area contributed by atoms with Gasteiger partial charge in [-0.15, -0.1) is 0 Å². The summed E-state index contributed by atoms with van der Waals surface area (Å²) in [5, 5.41) is 6.21. The van der Waals surface area contributed by atoms with Gasteiger partial charge in [0.05, 0.1) is 22.5 Å². The number of carbonyl (C=O) groups is 1. The van der Waals surface area contributed by atoms with Crippen LogP contribution in [0.3, 0.4) is 0 Å². The van der Waals surface area contributed by atoms with E-state index in [1.807, 2.05) is 6.92 Å². The first-order chi connectivity index (χ1) is 15.5. The number of aromatic nitrogens is 4. The number of hydrogen-bond donors (Lipinski definition) is 3. The van der Waals surface area contributed by atoms with Crippen LogP contribution in [-0.4, -0.2) is 38.9 Å². The van der Waals surface area contributed by atoms with E-state index in [-0.39, 0.29) is 28.9 Å². The van der Waals surface area contributed by atoms with Gasteiger partial charge in [-0.3, -0.25) is 4.79 Å². The molecule has 1 aliphatic carbocycles. The number of H-pyrrole nitrogens is 1. The van der Waals surface area contributed by atoms with Gasteiger partial charge in [0.2, 0.25) is 11.2 Å². The number of amides is 1. The maximum absolute atomic E-state index is 15.8. The molecular formula is C22H20ClFN6O2. The Labute approximate surface area is 188 Å². The normalized spacial score (nSPS) is 18.8. The van der Waals surface area contributed by atoms with Crippen molar-refractivity contribution in [3.8, 4) is 23.0 Å². The predicted molar refractivity (Wildman–Crippen MR) is 115 cm³/mol. The van der Waals surface area contributed by atoms with Gasteiger partial charge in [0.1, 0.15) is 0 Å². The second-order valence-corrected chi connectivity index (χ2v) is 8.75. The molecule has 3 aromatic heterocycles. The van der Waals surface area contributed by atoms with E-state index >= 15 is 4.39 Å². The highest BCUT2D eigenvalue weighted by atomic mass is 35.5. The number of halogens is 2. The number of hydrogen-bond acceptors (Lipinski definition) is 6. The molecule has 5 heterocycles. The molecule has 0 fully saturated rings. The molecule has 0 saturated heterocycles. The van der Waals surface area contributed by atoms with E-state index in [4.69, 9.17) is 16.3 Å². The Morgan fingerprint density at radius 2 is 2.03 bits per heavy atom. The minimum Gasteiger partial charge on any atom is -0.417 e. The van der Waals surface area contributed by atoms with Crippen LogP contribution in [0.4, 0.5) is 4.39 Å². The molecule has 6 rings (SSSR count). The standard InChI is InChI=1S/C22H20ClFN6O2/c1-9-6-26-19(31)15-11-3-2-10-7-27-21(16(24)14(10)18(11)29-17(9)15)32-20-12-8-25-5-4-13(12)28-22(23)30-20/h7,9,25,29H,2-6,8H2,1H3,(H,26,31)/t9-/m1/s1. The highest BCUT2D eigenvalue weighted by molar-refractivity contribution is 6.28. The van der Waals surface area contributed by atoms with E-state index in [0.717, 1.165) is 34.6 Å². The monoisotopic (exact) mass is 454 g/mol. The molecule has 1 amide bonds. The molecule has 32 heavy (non-hydrogen) atoms. The molecule has 3 N–H and O–H groups in total. The Hall–Kier alpha value is -3.04. The zero-order chi connectivity index (χ0) is 22.0. The van der Waals surface area contributed by atoms with Crippen LogP contribution in [0.2, 0.25) is 5.28 Å². The second-order valence-electron chi connectivity index (χ2n) is 8.41. The quantitative estimate of drug-likeness (QED) is 0.514. The summed E-state index contributed by atoms with van der Waals surface area (Å²) in [5.74, 6) is -0.542. The first kappa shape index (κ1) is 19.6. The molecule has 3 aliphatic rings. The molecule has 0 saturated carbocycles. The zero-order valence-corrected chi connectivity index (χ0v) is 18.1. The maximum Gasteiger partial charge on any atom is 0.258 e. The van der Waals surface area contributed by atoms with Crippen molar-refractivity contribution in [1.82, 2.24) is 30.6 Å². The molecule has 0 bridgehead atoms. The minimum absolute atomic E-state index is 0.0540. The van der Waals surface area contributed by atoms with Crippen molar-refractivity contribution in [2.75, 3.05) is 13.1 Å². The number of aromatic amines is 1. The Morgan fingerprint density at radius 1 is 1.16 bits per heavy atom. The van der Waals surface area contributed by atoms with E-state index < -0.39 is 5.82 Å². The van der Waals surface area contributed by atoms with Crippen LogP contribution in [0.5, 0.6) is 11.8 Å². The van der Waals surface area contributed by atoms with E-state index in [0.29, 0.717) is 49.2 Å². The highest BCUT2D eigenvalue weighted by Crippen LogP contribution is 2.42. The van der Waals surface area contributed by atoms with Crippen molar-refractivity contribution < 1.29 is 13.9 Å². The van der Waals surface area contributed by atoms with E-state index in [1.54, 1.807) is 6.20 Å². The summed E-state index contributed by atoms with van der Waals surface area (Å²) in [5.41, 5.74) is 5.70. The summed E-state index contributed by atoms with van der Waals surface area (Å²) in [6, 6.07) is 0. The Balaban J connectivity index is 1.46.